The Balaban J connectivity index is 1.80. The lowest BCUT2D eigenvalue weighted by molar-refractivity contribution is 0.181. The summed E-state index contributed by atoms with van der Waals surface area (Å²) in [6, 6.07) is 5.51. The number of ether oxygens (including phenoxy) is 1. The van der Waals surface area contributed by atoms with Crippen molar-refractivity contribution < 1.29 is 17.9 Å². The van der Waals surface area contributed by atoms with Gasteiger partial charge in [0.1, 0.15) is 12.4 Å². The van der Waals surface area contributed by atoms with Gasteiger partial charge in [0.25, 0.3) is 10.2 Å². The molecule has 8 nitrogen and oxygen atoms in total. The van der Waals surface area contributed by atoms with Gasteiger partial charge in [-0.2, -0.15) is 17.0 Å². The highest BCUT2D eigenvalue weighted by Gasteiger charge is 2.32. The van der Waals surface area contributed by atoms with Crippen LogP contribution in [0.5, 0.6) is 0 Å². The first kappa shape index (κ1) is 17.1. The van der Waals surface area contributed by atoms with Crippen molar-refractivity contribution in [1.29, 1.82) is 0 Å². The topological polar surface area (TPSA) is 83.0 Å². The van der Waals surface area contributed by atoms with Crippen LogP contribution in [0.4, 0.5) is 10.6 Å². The molecule has 1 aromatic heterocycles. The van der Waals surface area contributed by atoms with Gasteiger partial charge in [0, 0.05) is 38.8 Å². The zero-order valence-corrected chi connectivity index (χ0v) is 14.7. The van der Waals surface area contributed by atoms with Crippen molar-refractivity contribution in [3.05, 3.63) is 23.9 Å². The van der Waals surface area contributed by atoms with E-state index in [2.05, 4.69) is 4.98 Å². The number of hydrogen-bond acceptors (Lipinski definition) is 5. The lowest BCUT2D eigenvalue weighted by Gasteiger charge is -2.33. The van der Waals surface area contributed by atoms with Gasteiger partial charge in [-0.15, -0.1) is 0 Å². The number of aromatic nitrogens is 1. The standard InChI is InChI=1S/C15H22N4O4S/c1-17(2)24(21,22)18-8-4-5-12(11-18)13-6-3-7-14(16-13)19-9-10-23-15(19)20/h3,6-7,12H,4-5,8-11H2,1-2H3/t12-/m1/s1. The van der Waals surface area contributed by atoms with Crippen LogP contribution in [0, 0.1) is 0 Å². The summed E-state index contributed by atoms with van der Waals surface area (Å²) in [7, 11) is -0.344. The van der Waals surface area contributed by atoms with Crippen LogP contribution in [0.3, 0.4) is 0 Å². The molecular formula is C15H22N4O4S. The van der Waals surface area contributed by atoms with E-state index in [1.807, 2.05) is 12.1 Å². The number of nitrogens with zero attached hydrogens (tertiary/aromatic N) is 4. The average Bonchev–Trinajstić information content (AvgIpc) is 3.01. The number of carbonyl (C=O) groups excluding carboxylic acids is 1. The summed E-state index contributed by atoms with van der Waals surface area (Å²) in [5.41, 5.74) is 0.811. The monoisotopic (exact) mass is 354 g/mol. The molecule has 1 aromatic rings. The second-order valence-electron chi connectivity index (χ2n) is 6.17. The normalized spacial score (nSPS) is 22.9. The van der Waals surface area contributed by atoms with E-state index < -0.39 is 10.2 Å². The molecule has 3 heterocycles. The number of amides is 1. The molecule has 0 bridgehead atoms. The maximum absolute atomic E-state index is 12.3. The van der Waals surface area contributed by atoms with E-state index in [0.29, 0.717) is 32.1 Å². The zero-order chi connectivity index (χ0) is 17.3. The Labute approximate surface area is 142 Å². The fourth-order valence-electron chi connectivity index (χ4n) is 3.04. The van der Waals surface area contributed by atoms with E-state index in [4.69, 9.17) is 4.74 Å². The molecule has 132 valence electrons. The van der Waals surface area contributed by atoms with E-state index in [1.54, 1.807) is 6.07 Å². The maximum Gasteiger partial charge on any atom is 0.415 e. The molecule has 1 atom stereocenters. The Morgan fingerprint density at radius 2 is 2.08 bits per heavy atom. The molecule has 0 spiro atoms. The van der Waals surface area contributed by atoms with Crippen molar-refractivity contribution in [3.63, 3.8) is 0 Å². The first-order valence-electron chi connectivity index (χ1n) is 7.98. The molecule has 2 aliphatic rings. The Morgan fingerprint density at radius 1 is 1.29 bits per heavy atom. The van der Waals surface area contributed by atoms with Gasteiger partial charge in [-0.1, -0.05) is 6.07 Å². The fraction of sp³-hybridized carbons (Fsp3) is 0.600. The summed E-state index contributed by atoms with van der Waals surface area (Å²) in [4.78, 5) is 17.8. The minimum atomic E-state index is -3.42. The van der Waals surface area contributed by atoms with Crippen LogP contribution in [0.15, 0.2) is 18.2 Å². The minimum absolute atomic E-state index is 0.0204. The van der Waals surface area contributed by atoms with Crippen LogP contribution in [-0.4, -0.2) is 68.4 Å². The number of piperidine rings is 1. The second-order valence-corrected chi connectivity index (χ2v) is 8.32. The van der Waals surface area contributed by atoms with Crippen LogP contribution in [-0.2, 0) is 14.9 Å². The fourth-order valence-corrected chi connectivity index (χ4v) is 4.23. The van der Waals surface area contributed by atoms with Crippen LogP contribution in [0.25, 0.3) is 0 Å². The Morgan fingerprint density at radius 3 is 2.75 bits per heavy atom. The van der Waals surface area contributed by atoms with E-state index in [9.17, 15) is 13.2 Å². The van der Waals surface area contributed by atoms with Gasteiger partial charge < -0.3 is 4.74 Å². The SMILES string of the molecule is CN(C)S(=O)(=O)N1CCC[C@@H](c2cccc(N3CCOC3=O)n2)C1. The Kier molecular flexibility index (Phi) is 4.75. The third-order valence-corrected chi connectivity index (χ3v) is 6.29. The summed E-state index contributed by atoms with van der Waals surface area (Å²) in [6.45, 7) is 1.78. The highest BCUT2D eigenvalue weighted by molar-refractivity contribution is 7.86. The van der Waals surface area contributed by atoms with Crippen molar-refractivity contribution in [2.75, 3.05) is 45.2 Å². The van der Waals surface area contributed by atoms with Gasteiger partial charge in [-0.3, -0.25) is 4.90 Å². The number of pyridine rings is 1. The largest absolute Gasteiger partial charge is 0.447 e. The summed E-state index contributed by atoms with van der Waals surface area (Å²) in [6.07, 6.45) is 1.27. The van der Waals surface area contributed by atoms with E-state index in [1.165, 1.54) is 27.6 Å². The molecule has 0 saturated carbocycles. The lowest BCUT2D eigenvalue weighted by atomic mass is 9.95. The van der Waals surface area contributed by atoms with Gasteiger partial charge in [0.05, 0.1) is 6.54 Å². The summed E-state index contributed by atoms with van der Waals surface area (Å²) in [5.74, 6) is 0.578. The molecule has 2 saturated heterocycles. The predicted molar refractivity (Wildman–Crippen MR) is 89.1 cm³/mol. The molecule has 2 aliphatic heterocycles. The van der Waals surface area contributed by atoms with E-state index in [0.717, 1.165) is 18.5 Å². The highest BCUT2D eigenvalue weighted by Crippen LogP contribution is 2.29. The summed E-state index contributed by atoms with van der Waals surface area (Å²) >= 11 is 0. The van der Waals surface area contributed by atoms with Crippen molar-refractivity contribution in [2.45, 2.75) is 18.8 Å². The first-order valence-corrected chi connectivity index (χ1v) is 9.38. The number of hydrogen-bond donors (Lipinski definition) is 0. The molecule has 24 heavy (non-hydrogen) atoms. The smallest absolute Gasteiger partial charge is 0.415 e. The van der Waals surface area contributed by atoms with Crippen LogP contribution in [0.2, 0.25) is 0 Å². The Hall–Kier alpha value is -1.71. The van der Waals surface area contributed by atoms with Crippen LogP contribution in [0.1, 0.15) is 24.5 Å². The first-order chi connectivity index (χ1) is 11.4. The third kappa shape index (κ3) is 3.24. The molecule has 3 rings (SSSR count). The third-order valence-electron chi connectivity index (χ3n) is 4.38. The van der Waals surface area contributed by atoms with Gasteiger partial charge in [0.2, 0.25) is 0 Å². The zero-order valence-electron chi connectivity index (χ0n) is 13.9. The second kappa shape index (κ2) is 6.66. The van der Waals surface area contributed by atoms with Gasteiger partial charge in [0.15, 0.2) is 0 Å². The minimum Gasteiger partial charge on any atom is -0.447 e. The van der Waals surface area contributed by atoms with Gasteiger partial charge >= 0.3 is 6.09 Å². The molecule has 2 fully saturated rings. The van der Waals surface area contributed by atoms with Crippen molar-refractivity contribution >= 4 is 22.1 Å². The Bertz CT molecular complexity index is 722. The van der Waals surface area contributed by atoms with Gasteiger partial charge in [-0.25, -0.2) is 9.78 Å². The maximum atomic E-state index is 12.3. The van der Waals surface area contributed by atoms with Crippen molar-refractivity contribution in [2.24, 2.45) is 0 Å². The molecule has 0 aromatic carbocycles. The quantitative estimate of drug-likeness (QED) is 0.806. The molecule has 9 heteroatoms. The molecule has 0 aliphatic carbocycles. The van der Waals surface area contributed by atoms with E-state index >= 15 is 0 Å². The van der Waals surface area contributed by atoms with Crippen LogP contribution >= 0.6 is 0 Å². The molecule has 0 N–H and O–H groups in total. The summed E-state index contributed by atoms with van der Waals surface area (Å²) in [5, 5.41) is 0. The van der Waals surface area contributed by atoms with Crippen LogP contribution < -0.4 is 4.90 Å². The average molecular weight is 354 g/mol. The number of cyclic esters (lactones) is 1. The van der Waals surface area contributed by atoms with Crippen molar-refractivity contribution in [1.82, 2.24) is 13.6 Å². The van der Waals surface area contributed by atoms with Crippen molar-refractivity contribution in [3.8, 4) is 0 Å². The molecular weight excluding hydrogens is 332 g/mol. The summed E-state index contributed by atoms with van der Waals surface area (Å²) < 4.78 is 32.4. The number of carbonyl (C=O) groups is 1. The number of anilines is 1. The van der Waals surface area contributed by atoms with Gasteiger partial charge in [-0.05, 0) is 25.0 Å². The van der Waals surface area contributed by atoms with E-state index in [-0.39, 0.29) is 12.0 Å². The predicted octanol–water partition coefficient (Wildman–Crippen LogP) is 1.02. The number of rotatable bonds is 4. The highest BCUT2D eigenvalue weighted by atomic mass is 32.2. The lowest BCUT2D eigenvalue weighted by Crippen LogP contribution is -2.45. The molecule has 1 amide bonds. The molecule has 0 radical (unpaired) electrons. The molecule has 0 unspecified atom stereocenters.